The number of ether oxygens (including phenoxy) is 2. The van der Waals surface area contributed by atoms with E-state index in [1.165, 1.54) is 12.1 Å². The molecule has 162 valence electrons. The predicted molar refractivity (Wildman–Crippen MR) is 112 cm³/mol. The number of amides is 1. The molecule has 0 radical (unpaired) electrons. The fourth-order valence-corrected chi connectivity index (χ4v) is 2.69. The van der Waals surface area contributed by atoms with Gasteiger partial charge in [-0.05, 0) is 42.5 Å². The molecule has 0 saturated heterocycles. The summed E-state index contributed by atoms with van der Waals surface area (Å²) in [6.07, 6.45) is -4.47. The van der Waals surface area contributed by atoms with Crippen molar-refractivity contribution < 1.29 is 27.4 Å². The maximum atomic E-state index is 12.8. The Labute approximate surface area is 177 Å². The van der Waals surface area contributed by atoms with Crippen molar-refractivity contribution in [1.29, 1.82) is 0 Å². The zero-order valence-corrected chi connectivity index (χ0v) is 16.5. The number of carbonyl (C=O) groups is 1. The van der Waals surface area contributed by atoms with Crippen molar-refractivity contribution >= 4 is 17.3 Å². The minimum absolute atomic E-state index is 0.0807. The summed E-state index contributed by atoms with van der Waals surface area (Å²) in [6.45, 7) is 0.603. The molecule has 0 unspecified atom stereocenters. The van der Waals surface area contributed by atoms with Crippen LogP contribution < -0.4 is 20.1 Å². The van der Waals surface area contributed by atoms with Gasteiger partial charge in [0.15, 0.2) is 0 Å². The van der Waals surface area contributed by atoms with E-state index in [0.717, 1.165) is 17.9 Å². The fourth-order valence-electron chi connectivity index (χ4n) is 2.69. The smallest absolute Gasteiger partial charge is 0.416 e. The zero-order valence-electron chi connectivity index (χ0n) is 16.5. The standard InChI is InChI=1S/C23H21F3N2O3/c24-23(25,26)17-6-4-8-19(14-17)28-22(29)16-27-18-7-5-11-21(15-18)31-13-12-30-20-9-2-1-3-10-20/h1-11,14-15,27H,12-13,16H2,(H,28,29). The van der Waals surface area contributed by atoms with E-state index in [0.29, 0.717) is 24.7 Å². The van der Waals surface area contributed by atoms with Gasteiger partial charge in [0.25, 0.3) is 0 Å². The summed E-state index contributed by atoms with van der Waals surface area (Å²) >= 11 is 0. The van der Waals surface area contributed by atoms with Crippen molar-refractivity contribution in [3.8, 4) is 11.5 Å². The van der Waals surface area contributed by atoms with Crippen LogP contribution in [0.15, 0.2) is 78.9 Å². The Morgan fingerprint density at radius 3 is 2.16 bits per heavy atom. The summed E-state index contributed by atoms with van der Waals surface area (Å²) in [7, 11) is 0. The van der Waals surface area contributed by atoms with Gasteiger partial charge in [0.2, 0.25) is 5.91 Å². The van der Waals surface area contributed by atoms with E-state index in [-0.39, 0.29) is 12.2 Å². The molecule has 0 bridgehead atoms. The molecule has 0 spiro atoms. The Bertz CT molecular complexity index is 995. The molecule has 3 aromatic rings. The van der Waals surface area contributed by atoms with E-state index >= 15 is 0 Å². The number of nitrogens with one attached hydrogen (secondary N) is 2. The molecule has 0 saturated carbocycles. The monoisotopic (exact) mass is 430 g/mol. The highest BCUT2D eigenvalue weighted by Gasteiger charge is 2.30. The molecule has 0 fully saturated rings. The van der Waals surface area contributed by atoms with Gasteiger partial charge in [0.1, 0.15) is 24.7 Å². The van der Waals surface area contributed by atoms with E-state index in [9.17, 15) is 18.0 Å². The first-order valence-electron chi connectivity index (χ1n) is 9.52. The van der Waals surface area contributed by atoms with Crippen LogP contribution in [-0.2, 0) is 11.0 Å². The van der Waals surface area contributed by atoms with Crippen molar-refractivity contribution in [2.75, 3.05) is 30.4 Å². The summed E-state index contributed by atoms with van der Waals surface area (Å²) in [5, 5.41) is 5.37. The second kappa shape index (κ2) is 10.4. The third-order valence-corrected chi connectivity index (χ3v) is 4.12. The van der Waals surface area contributed by atoms with Gasteiger partial charge in [-0.25, -0.2) is 0 Å². The molecule has 0 heterocycles. The topological polar surface area (TPSA) is 59.6 Å². The molecular formula is C23H21F3N2O3. The van der Waals surface area contributed by atoms with E-state index in [1.54, 1.807) is 24.3 Å². The maximum absolute atomic E-state index is 12.8. The van der Waals surface area contributed by atoms with E-state index < -0.39 is 17.6 Å². The molecule has 1 amide bonds. The second-order valence-electron chi connectivity index (χ2n) is 6.52. The van der Waals surface area contributed by atoms with Crippen LogP contribution in [0, 0.1) is 0 Å². The molecule has 3 aromatic carbocycles. The highest BCUT2D eigenvalue weighted by atomic mass is 19.4. The summed E-state index contributed by atoms with van der Waals surface area (Å²) in [4.78, 5) is 12.1. The highest BCUT2D eigenvalue weighted by Crippen LogP contribution is 2.30. The quantitative estimate of drug-likeness (QED) is 0.458. The zero-order chi connectivity index (χ0) is 22.1. The number of halogens is 3. The molecule has 0 aliphatic heterocycles. The van der Waals surface area contributed by atoms with Crippen molar-refractivity contribution in [3.63, 3.8) is 0 Å². The van der Waals surface area contributed by atoms with Crippen molar-refractivity contribution in [1.82, 2.24) is 0 Å². The molecule has 5 nitrogen and oxygen atoms in total. The number of hydrogen-bond donors (Lipinski definition) is 2. The number of hydrogen-bond acceptors (Lipinski definition) is 4. The summed E-state index contributed by atoms with van der Waals surface area (Å²) < 4.78 is 49.5. The Morgan fingerprint density at radius 1 is 0.774 bits per heavy atom. The van der Waals surface area contributed by atoms with Gasteiger partial charge >= 0.3 is 6.18 Å². The van der Waals surface area contributed by atoms with Crippen molar-refractivity contribution in [2.45, 2.75) is 6.18 Å². The SMILES string of the molecule is O=C(CNc1cccc(OCCOc2ccccc2)c1)Nc1cccc(C(F)(F)F)c1. The molecule has 0 aliphatic carbocycles. The van der Waals surface area contributed by atoms with Crippen LogP contribution in [0.1, 0.15) is 5.56 Å². The van der Waals surface area contributed by atoms with Crippen LogP contribution in [-0.4, -0.2) is 25.7 Å². The fraction of sp³-hybridized carbons (Fsp3) is 0.174. The third kappa shape index (κ3) is 7.26. The Hall–Kier alpha value is -3.68. The van der Waals surface area contributed by atoms with Gasteiger partial charge in [-0.2, -0.15) is 13.2 Å². The lowest BCUT2D eigenvalue weighted by Gasteiger charge is -2.12. The first kappa shape index (κ1) is 22.0. The molecular weight excluding hydrogens is 409 g/mol. The predicted octanol–water partition coefficient (Wildman–Crippen LogP) is 5.21. The number of para-hydroxylation sites is 1. The van der Waals surface area contributed by atoms with Gasteiger partial charge in [-0.15, -0.1) is 0 Å². The molecule has 3 rings (SSSR count). The van der Waals surface area contributed by atoms with Gasteiger partial charge in [-0.3, -0.25) is 4.79 Å². The largest absolute Gasteiger partial charge is 0.490 e. The summed E-state index contributed by atoms with van der Waals surface area (Å²) in [5.74, 6) is 0.884. The lowest BCUT2D eigenvalue weighted by atomic mass is 10.2. The highest BCUT2D eigenvalue weighted by molar-refractivity contribution is 5.93. The normalized spacial score (nSPS) is 10.9. The number of anilines is 2. The maximum Gasteiger partial charge on any atom is 0.416 e. The minimum atomic E-state index is -4.47. The molecule has 2 N–H and O–H groups in total. The Morgan fingerprint density at radius 2 is 1.42 bits per heavy atom. The van der Waals surface area contributed by atoms with Gasteiger partial charge in [-0.1, -0.05) is 30.3 Å². The summed E-state index contributed by atoms with van der Waals surface area (Å²) in [5.41, 5.74) is -0.0999. The van der Waals surface area contributed by atoms with Crippen LogP contribution in [0.2, 0.25) is 0 Å². The van der Waals surface area contributed by atoms with E-state index in [4.69, 9.17) is 9.47 Å². The van der Waals surface area contributed by atoms with Crippen LogP contribution in [0.25, 0.3) is 0 Å². The molecule has 0 atom stereocenters. The lowest BCUT2D eigenvalue weighted by Crippen LogP contribution is -2.22. The van der Waals surface area contributed by atoms with Crippen LogP contribution >= 0.6 is 0 Å². The molecule has 8 heteroatoms. The Balaban J connectivity index is 1.44. The first-order valence-corrected chi connectivity index (χ1v) is 9.52. The number of carbonyl (C=O) groups excluding carboxylic acids is 1. The average Bonchev–Trinajstić information content (AvgIpc) is 2.76. The van der Waals surface area contributed by atoms with Gasteiger partial charge in [0.05, 0.1) is 12.1 Å². The molecule has 0 aliphatic rings. The molecule has 31 heavy (non-hydrogen) atoms. The van der Waals surface area contributed by atoms with Gasteiger partial charge in [0, 0.05) is 17.4 Å². The van der Waals surface area contributed by atoms with E-state index in [1.807, 2.05) is 30.3 Å². The first-order chi connectivity index (χ1) is 14.9. The van der Waals surface area contributed by atoms with Crippen LogP contribution in [0.3, 0.4) is 0 Å². The summed E-state index contributed by atoms with van der Waals surface area (Å²) in [6, 6.07) is 20.9. The van der Waals surface area contributed by atoms with Crippen molar-refractivity contribution in [3.05, 3.63) is 84.4 Å². The number of rotatable bonds is 9. The lowest BCUT2D eigenvalue weighted by molar-refractivity contribution is -0.137. The molecule has 0 aromatic heterocycles. The van der Waals surface area contributed by atoms with Crippen molar-refractivity contribution in [2.24, 2.45) is 0 Å². The van der Waals surface area contributed by atoms with Crippen LogP contribution in [0.5, 0.6) is 11.5 Å². The minimum Gasteiger partial charge on any atom is -0.490 e. The average molecular weight is 430 g/mol. The second-order valence-corrected chi connectivity index (χ2v) is 6.52. The van der Waals surface area contributed by atoms with E-state index in [2.05, 4.69) is 10.6 Å². The van der Waals surface area contributed by atoms with Gasteiger partial charge < -0.3 is 20.1 Å². The van der Waals surface area contributed by atoms with Crippen LogP contribution in [0.4, 0.5) is 24.5 Å². The number of alkyl halides is 3. The number of benzene rings is 3. The third-order valence-electron chi connectivity index (χ3n) is 4.12. The Kier molecular flexibility index (Phi) is 7.37.